The quantitative estimate of drug-likeness (QED) is 0.739. The van der Waals surface area contributed by atoms with Crippen molar-refractivity contribution in [1.29, 1.82) is 0 Å². The van der Waals surface area contributed by atoms with Crippen molar-refractivity contribution in [1.82, 2.24) is 10.3 Å². The van der Waals surface area contributed by atoms with Gasteiger partial charge in [-0.25, -0.2) is 4.98 Å². The van der Waals surface area contributed by atoms with Gasteiger partial charge in [0, 0.05) is 10.4 Å². The monoisotopic (exact) mass is 308 g/mol. The molecule has 1 unspecified atom stereocenters. The van der Waals surface area contributed by atoms with Crippen LogP contribution in [0.15, 0.2) is 35.2 Å². The van der Waals surface area contributed by atoms with Gasteiger partial charge in [0.1, 0.15) is 0 Å². The zero-order valence-corrected chi connectivity index (χ0v) is 13.4. The van der Waals surface area contributed by atoms with Gasteiger partial charge >= 0.3 is 0 Å². The fourth-order valence-corrected chi connectivity index (χ4v) is 2.98. The molecule has 2 aromatic rings. The van der Waals surface area contributed by atoms with Crippen molar-refractivity contribution in [2.45, 2.75) is 26.2 Å². The molecule has 2 nitrogen and oxygen atoms in total. The van der Waals surface area contributed by atoms with E-state index in [2.05, 4.69) is 34.7 Å². The minimum Gasteiger partial charge on any atom is -0.316 e. The number of benzene rings is 1. The van der Waals surface area contributed by atoms with Gasteiger partial charge < -0.3 is 5.32 Å². The smallest absolute Gasteiger partial charge is 0.0794 e. The molecule has 1 aromatic carbocycles. The normalized spacial score (nSPS) is 12.5. The van der Waals surface area contributed by atoms with Crippen LogP contribution in [0, 0.1) is 5.92 Å². The predicted molar refractivity (Wildman–Crippen MR) is 87.6 cm³/mol. The van der Waals surface area contributed by atoms with Crippen LogP contribution >= 0.6 is 22.9 Å². The molecule has 2 rings (SSSR count). The molecule has 108 valence electrons. The third kappa shape index (κ3) is 5.23. The van der Waals surface area contributed by atoms with E-state index in [1.807, 2.05) is 17.6 Å². The molecular weight excluding hydrogens is 288 g/mol. The molecule has 0 aliphatic carbocycles. The van der Waals surface area contributed by atoms with Crippen molar-refractivity contribution in [3.63, 3.8) is 0 Å². The Kier molecular flexibility index (Phi) is 6.51. The molecule has 0 aliphatic heterocycles. The van der Waals surface area contributed by atoms with E-state index < -0.39 is 0 Å². The minimum atomic E-state index is 0.574. The molecule has 0 aliphatic rings. The van der Waals surface area contributed by atoms with Crippen LogP contribution in [-0.2, 0) is 12.8 Å². The molecular formula is C16H21ClN2S. The van der Waals surface area contributed by atoms with E-state index in [1.54, 1.807) is 11.3 Å². The molecule has 20 heavy (non-hydrogen) atoms. The molecule has 0 bridgehead atoms. The maximum atomic E-state index is 5.94. The molecule has 0 spiro atoms. The Hall–Kier alpha value is -0.900. The summed E-state index contributed by atoms with van der Waals surface area (Å²) in [5.74, 6) is 0.574. The number of rotatable bonds is 8. The highest BCUT2D eigenvalue weighted by Gasteiger charge is 2.12. The van der Waals surface area contributed by atoms with Crippen molar-refractivity contribution in [2.75, 3.05) is 13.1 Å². The number of thiazole rings is 1. The summed E-state index contributed by atoms with van der Waals surface area (Å²) in [5.41, 5.74) is 4.45. The number of hydrogen-bond donors (Lipinski definition) is 1. The van der Waals surface area contributed by atoms with Crippen LogP contribution in [0.25, 0.3) is 0 Å². The summed E-state index contributed by atoms with van der Waals surface area (Å²) in [7, 11) is 0. The SMILES string of the molecule is CCCNCC(Cc1ccc(Cl)cc1)Cc1cscn1. The second kappa shape index (κ2) is 8.40. The Bertz CT molecular complexity index is 482. The van der Waals surface area contributed by atoms with Crippen molar-refractivity contribution >= 4 is 22.9 Å². The lowest BCUT2D eigenvalue weighted by Crippen LogP contribution is -2.26. The van der Waals surface area contributed by atoms with E-state index in [1.165, 1.54) is 17.7 Å². The first-order chi connectivity index (χ1) is 9.78. The van der Waals surface area contributed by atoms with Crippen molar-refractivity contribution in [3.8, 4) is 0 Å². The van der Waals surface area contributed by atoms with Gasteiger partial charge in [0.05, 0.1) is 11.2 Å². The van der Waals surface area contributed by atoms with Crippen LogP contribution in [0.1, 0.15) is 24.6 Å². The van der Waals surface area contributed by atoms with Gasteiger partial charge in [0.2, 0.25) is 0 Å². The summed E-state index contributed by atoms with van der Waals surface area (Å²) in [6, 6.07) is 8.18. The van der Waals surface area contributed by atoms with E-state index in [0.717, 1.165) is 31.0 Å². The number of hydrogen-bond acceptors (Lipinski definition) is 3. The van der Waals surface area contributed by atoms with E-state index >= 15 is 0 Å². The van der Waals surface area contributed by atoms with Crippen molar-refractivity contribution in [2.24, 2.45) is 5.92 Å². The lowest BCUT2D eigenvalue weighted by Gasteiger charge is -2.17. The molecule has 0 radical (unpaired) electrons. The van der Waals surface area contributed by atoms with Crippen molar-refractivity contribution in [3.05, 3.63) is 51.4 Å². The summed E-state index contributed by atoms with van der Waals surface area (Å²) in [6.45, 7) is 4.31. The lowest BCUT2D eigenvalue weighted by molar-refractivity contribution is 0.467. The van der Waals surface area contributed by atoms with Gasteiger partial charge in [0.15, 0.2) is 0 Å². The van der Waals surface area contributed by atoms with E-state index in [4.69, 9.17) is 11.6 Å². The topological polar surface area (TPSA) is 24.9 Å². The number of nitrogens with zero attached hydrogens (tertiary/aromatic N) is 1. The number of aromatic nitrogens is 1. The van der Waals surface area contributed by atoms with Crippen molar-refractivity contribution < 1.29 is 0 Å². The van der Waals surface area contributed by atoms with E-state index in [9.17, 15) is 0 Å². The highest BCUT2D eigenvalue weighted by Crippen LogP contribution is 2.17. The second-order valence-electron chi connectivity index (χ2n) is 5.08. The van der Waals surface area contributed by atoms with Crippen LogP contribution in [0.3, 0.4) is 0 Å². The lowest BCUT2D eigenvalue weighted by atomic mass is 9.95. The Morgan fingerprint density at radius 2 is 2.05 bits per heavy atom. The molecule has 0 amide bonds. The number of halogens is 1. The highest BCUT2D eigenvalue weighted by atomic mass is 35.5. The molecule has 1 aromatic heterocycles. The van der Waals surface area contributed by atoms with Gasteiger partial charge in [-0.2, -0.15) is 0 Å². The summed E-state index contributed by atoms with van der Waals surface area (Å²) in [5, 5.41) is 6.48. The van der Waals surface area contributed by atoms with Crippen LogP contribution in [0.4, 0.5) is 0 Å². The van der Waals surface area contributed by atoms with E-state index in [0.29, 0.717) is 5.92 Å². The summed E-state index contributed by atoms with van der Waals surface area (Å²) in [6.07, 6.45) is 3.26. The van der Waals surface area contributed by atoms with Gasteiger partial charge in [-0.05, 0) is 56.0 Å². The second-order valence-corrected chi connectivity index (χ2v) is 6.24. The first-order valence-electron chi connectivity index (χ1n) is 7.10. The Balaban J connectivity index is 1.95. The fraction of sp³-hybridized carbons (Fsp3) is 0.438. The minimum absolute atomic E-state index is 0.574. The zero-order valence-electron chi connectivity index (χ0n) is 11.8. The Morgan fingerprint density at radius 1 is 1.25 bits per heavy atom. The first-order valence-corrected chi connectivity index (χ1v) is 8.42. The Morgan fingerprint density at radius 3 is 2.70 bits per heavy atom. The van der Waals surface area contributed by atoms with Crippen LogP contribution < -0.4 is 5.32 Å². The summed E-state index contributed by atoms with van der Waals surface area (Å²) >= 11 is 7.61. The van der Waals surface area contributed by atoms with Crippen LogP contribution in [-0.4, -0.2) is 18.1 Å². The molecule has 4 heteroatoms. The molecule has 0 fully saturated rings. The largest absolute Gasteiger partial charge is 0.316 e. The Labute approximate surface area is 130 Å². The molecule has 1 N–H and O–H groups in total. The number of nitrogens with one attached hydrogen (secondary N) is 1. The third-order valence-corrected chi connectivity index (χ3v) is 4.17. The highest BCUT2D eigenvalue weighted by molar-refractivity contribution is 7.07. The van der Waals surface area contributed by atoms with E-state index in [-0.39, 0.29) is 0 Å². The fourth-order valence-electron chi connectivity index (χ4n) is 2.29. The summed E-state index contributed by atoms with van der Waals surface area (Å²) in [4.78, 5) is 4.41. The third-order valence-electron chi connectivity index (χ3n) is 3.28. The van der Waals surface area contributed by atoms with Gasteiger partial charge in [-0.3, -0.25) is 0 Å². The average molecular weight is 309 g/mol. The maximum Gasteiger partial charge on any atom is 0.0794 e. The van der Waals surface area contributed by atoms with Gasteiger partial charge in [-0.15, -0.1) is 11.3 Å². The molecule has 0 saturated carbocycles. The molecule has 0 saturated heterocycles. The molecule has 1 atom stereocenters. The van der Waals surface area contributed by atoms with Gasteiger partial charge in [-0.1, -0.05) is 30.7 Å². The first kappa shape index (κ1) is 15.5. The zero-order chi connectivity index (χ0) is 14.2. The van der Waals surface area contributed by atoms with Gasteiger partial charge in [0.25, 0.3) is 0 Å². The van der Waals surface area contributed by atoms with Crippen LogP contribution in [0.5, 0.6) is 0 Å². The standard InChI is InChI=1S/C16H21ClN2S/c1-2-7-18-10-14(9-16-11-20-12-19-16)8-13-3-5-15(17)6-4-13/h3-6,11-12,14,18H,2,7-10H2,1H3. The predicted octanol–water partition coefficient (Wildman–Crippen LogP) is 4.20. The maximum absolute atomic E-state index is 5.94. The molecule has 1 heterocycles. The average Bonchev–Trinajstić information content (AvgIpc) is 2.94. The summed E-state index contributed by atoms with van der Waals surface area (Å²) < 4.78 is 0. The van der Waals surface area contributed by atoms with Crippen LogP contribution in [0.2, 0.25) is 5.02 Å².